The molecule has 118 valence electrons. The van der Waals surface area contributed by atoms with Crippen LogP contribution in [0.15, 0.2) is 49.1 Å². The summed E-state index contributed by atoms with van der Waals surface area (Å²) in [6.45, 7) is 7.39. The molecule has 0 saturated carbocycles. The van der Waals surface area contributed by atoms with Gasteiger partial charge in [0.15, 0.2) is 5.11 Å². The molecule has 1 aliphatic heterocycles. The number of hydrogen-bond acceptors (Lipinski definition) is 4. The molecular formula is C17H16N2O3S. The smallest absolute Gasteiger partial charge is 0.265 e. The Morgan fingerprint density at radius 2 is 2.00 bits per heavy atom. The lowest BCUT2D eigenvalue weighted by Gasteiger charge is -2.27. The Kier molecular flexibility index (Phi) is 5.08. The summed E-state index contributed by atoms with van der Waals surface area (Å²) in [6.07, 6.45) is 5.02. The second-order valence-electron chi connectivity index (χ2n) is 4.87. The van der Waals surface area contributed by atoms with E-state index in [1.807, 2.05) is 0 Å². The van der Waals surface area contributed by atoms with Crippen molar-refractivity contribution >= 4 is 35.2 Å². The molecule has 1 fully saturated rings. The minimum Gasteiger partial charge on any atom is -0.507 e. The lowest BCUT2D eigenvalue weighted by molar-refractivity contribution is -0.128. The summed E-state index contributed by atoms with van der Waals surface area (Å²) < 4.78 is 0. The van der Waals surface area contributed by atoms with Crippen LogP contribution < -0.4 is 5.32 Å². The molecule has 0 aliphatic carbocycles. The summed E-state index contributed by atoms with van der Waals surface area (Å²) in [6, 6.07) is 5.11. The van der Waals surface area contributed by atoms with Crippen LogP contribution in [0.5, 0.6) is 5.75 Å². The highest BCUT2D eigenvalue weighted by molar-refractivity contribution is 7.80. The molecule has 0 bridgehead atoms. The van der Waals surface area contributed by atoms with E-state index in [9.17, 15) is 14.7 Å². The van der Waals surface area contributed by atoms with Gasteiger partial charge in [-0.25, -0.2) is 0 Å². The van der Waals surface area contributed by atoms with Crippen LogP contribution >= 0.6 is 12.2 Å². The largest absolute Gasteiger partial charge is 0.507 e. The van der Waals surface area contributed by atoms with Gasteiger partial charge < -0.3 is 5.11 Å². The van der Waals surface area contributed by atoms with E-state index in [4.69, 9.17) is 12.2 Å². The summed E-state index contributed by atoms with van der Waals surface area (Å²) in [5.74, 6) is -1.09. The number of thiocarbonyl (C=S) groups is 1. The zero-order chi connectivity index (χ0) is 17.0. The Balaban J connectivity index is 2.45. The van der Waals surface area contributed by atoms with E-state index in [0.29, 0.717) is 17.5 Å². The van der Waals surface area contributed by atoms with Gasteiger partial charge in [0.25, 0.3) is 11.8 Å². The lowest BCUT2D eigenvalue weighted by Crippen LogP contribution is -2.53. The SMILES string of the molecule is C=CCc1cccc(C=C2C(=O)NC(=S)N(CC=C)C2=O)c1O. The second-order valence-corrected chi connectivity index (χ2v) is 5.26. The monoisotopic (exact) mass is 328 g/mol. The van der Waals surface area contributed by atoms with Gasteiger partial charge in [0.05, 0.1) is 0 Å². The van der Waals surface area contributed by atoms with Gasteiger partial charge in [0.2, 0.25) is 0 Å². The van der Waals surface area contributed by atoms with Crippen LogP contribution in [0.1, 0.15) is 11.1 Å². The molecular weight excluding hydrogens is 312 g/mol. The molecule has 0 atom stereocenters. The minimum atomic E-state index is -0.589. The fraction of sp³-hybridized carbons (Fsp3) is 0.118. The molecule has 0 unspecified atom stereocenters. The van der Waals surface area contributed by atoms with Gasteiger partial charge in [0.1, 0.15) is 11.3 Å². The first-order chi connectivity index (χ1) is 11.0. The van der Waals surface area contributed by atoms with Crippen molar-refractivity contribution in [2.24, 2.45) is 0 Å². The van der Waals surface area contributed by atoms with Gasteiger partial charge in [-0.2, -0.15) is 0 Å². The number of rotatable bonds is 5. The Bertz CT molecular complexity index is 737. The Hall–Kier alpha value is -2.73. The Labute approximate surface area is 139 Å². The number of carbonyl (C=O) groups is 2. The summed E-state index contributed by atoms with van der Waals surface area (Å²) in [5, 5.41) is 12.8. The maximum atomic E-state index is 12.4. The number of hydrogen-bond donors (Lipinski definition) is 2. The van der Waals surface area contributed by atoms with Crippen molar-refractivity contribution < 1.29 is 14.7 Å². The van der Waals surface area contributed by atoms with Crippen molar-refractivity contribution in [2.45, 2.75) is 6.42 Å². The lowest BCUT2D eigenvalue weighted by atomic mass is 10.0. The van der Waals surface area contributed by atoms with Crippen LogP contribution in [0.4, 0.5) is 0 Å². The molecule has 0 radical (unpaired) electrons. The van der Waals surface area contributed by atoms with E-state index in [2.05, 4.69) is 18.5 Å². The van der Waals surface area contributed by atoms with Crippen molar-refractivity contribution in [1.29, 1.82) is 0 Å². The van der Waals surface area contributed by atoms with Crippen LogP contribution in [-0.2, 0) is 16.0 Å². The summed E-state index contributed by atoms with van der Waals surface area (Å²) in [5.41, 5.74) is 0.956. The molecule has 1 aromatic carbocycles. The number of para-hydroxylation sites is 1. The number of nitrogens with one attached hydrogen (secondary N) is 1. The number of benzene rings is 1. The first-order valence-corrected chi connectivity index (χ1v) is 7.32. The van der Waals surface area contributed by atoms with Crippen molar-refractivity contribution in [3.8, 4) is 5.75 Å². The first kappa shape index (κ1) is 16.6. The zero-order valence-electron chi connectivity index (χ0n) is 12.4. The highest BCUT2D eigenvalue weighted by Gasteiger charge is 2.32. The van der Waals surface area contributed by atoms with Crippen LogP contribution in [0.3, 0.4) is 0 Å². The Morgan fingerprint density at radius 3 is 2.65 bits per heavy atom. The zero-order valence-corrected chi connectivity index (χ0v) is 13.2. The molecule has 0 spiro atoms. The van der Waals surface area contributed by atoms with Crippen molar-refractivity contribution in [3.05, 3.63) is 60.2 Å². The average Bonchev–Trinajstić information content (AvgIpc) is 2.51. The Morgan fingerprint density at radius 1 is 1.26 bits per heavy atom. The van der Waals surface area contributed by atoms with E-state index >= 15 is 0 Å². The van der Waals surface area contributed by atoms with E-state index < -0.39 is 11.8 Å². The molecule has 1 aliphatic rings. The van der Waals surface area contributed by atoms with Crippen LogP contribution in [0.2, 0.25) is 0 Å². The summed E-state index contributed by atoms with van der Waals surface area (Å²) in [4.78, 5) is 25.7. The fourth-order valence-electron chi connectivity index (χ4n) is 2.19. The summed E-state index contributed by atoms with van der Waals surface area (Å²) >= 11 is 4.98. The predicted molar refractivity (Wildman–Crippen MR) is 92.6 cm³/mol. The summed E-state index contributed by atoms with van der Waals surface area (Å²) in [7, 11) is 0. The molecule has 1 heterocycles. The van der Waals surface area contributed by atoms with Crippen molar-refractivity contribution in [3.63, 3.8) is 0 Å². The van der Waals surface area contributed by atoms with Gasteiger partial charge in [-0.15, -0.1) is 13.2 Å². The normalized spacial score (nSPS) is 16.4. The third-order valence-electron chi connectivity index (χ3n) is 3.31. The molecule has 5 nitrogen and oxygen atoms in total. The topological polar surface area (TPSA) is 69.6 Å². The van der Waals surface area contributed by atoms with Crippen molar-refractivity contribution in [1.82, 2.24) is 10.2 Å². The predicted octanol–water partition coefficient (Wildman–Crippen LogP) is 1.93. The van der Waals surface area contributed by atoms with Crippen LogP contribution in [-0.4, -0.2) is 33.5 Å². The molecule has 23 heavy (non-hydrogen) atoms. The molecule has 1 aromatic rings. The highest BCUT2D eigenvalue weighted by Crippen LogP contribution is 2.26. The number of amides is 2. The van der Waals surface area contributed by atoms with Gasteiger partial charge in [0, 0.05) is 12.1 Å². The van der Waals surface area contributed by atoms with Gasteiger partial charge in [-0.3, -0.25) is 19.8 Å². The quantitative estimate of drug-likeness (QED) is 0.375. The average molecular weight is 328 g/mol. The standard InChI is InChI=1S/C17H16N2O3S/c1-3-6-11-7-5-8-12(14(11)20)10-13-15(21)18-17(23)19(9-4-2)16(13)22/h3-5,7-8,10,20H,1-2,6,9H2,(H,18,21,23). The molecule has 1 saturated heterocycles. The van der Waals surface area contributed by atoms with Gasteiger partial charge in [-0.1, -0.05) is 30.4 Å². The first-order valence-electron chi connectivity index (χ1n) is 6.91. The van der Waals surface area contributed by atoms with E-state index in [1.54, 1.807) is 24.3 Å². The highest BCUT2D eigenvalue weighted by atomic mass is 32.1. The number of nitrogens with zero attached hydrogens (tertiary/aromatic N) is 1. The van der Waals surface area contributed by atoms with Crippen molar-refractivity contribution in [2.75, 3.05) is 6.54 Å². The number of carbonyl (C=O) groups excluding carboxylic acids is 2. The molecule has 2 amide bonds. The molecule has 6 heteroatoms. The number of phenols is 1. The number of aromatic hydroxyl groups is 1. The minimum absolute atomic E-state index is 0.0175. The number of phenolic OH excluding ortho intramolecular Hbond substituents is 1. The third kappa shape index (κ3) is 3.37. The maximum absolute atomic E-state index is 12.4. The van der Waals surface area contributed by atoms with E-state index in [0.717, 1.165) is 0 Å². The van der Waals surface area contributed by atoms with E-state index in [1.165, 1.54) is 17.1 Å². The second kappa shape index (κ2) is 7.02. The number of allylic oxidation sites excluding steroid dienone is 1. The van der Waals surface area contributed by atoms with Crippen LogP contribution in [0.25, 0.3) is 6.08 Å². The third-order valence-corrected chi connectivity index (χ3v) is 3.63. The van der Waals surface area contributed by atoms with Crippen LogP contribution in [0, 0.1) is 0 Å². The molecule has 2 N–H and O–H groups in total. The molecule has 0 aromatic heterocycles. The molecule has 2 rings (SSSR count). The van der Waals surface area contributed by atoms with Gasteiger partial charge >= 0.3 is 0 Å². The fourth-order valence-corrected chi connectivity index (χ4v) is 2.44. The maximum Gasteiger partial charge on any atom is 0.265 e. The van der Waals surface area contributed by atoms with E-state index in [-0.39, 0.29) is 23.0 Å². The van der Waals surface area contributed by atoms with Gasteiger partial charge in [-0.05, 0) is 30.3 Å².